The summed E-state index contributed by atoms with van der Waals surface area (Å²) in [6, 6.07) is 0. The predicted molar refractivity (Wildman–Crippen MR) is 33.4 cm³/mol. The van der Waals surface area contributed by atoms with Gasteiger partial charge in [0.1, 0.15) is 6.10 Å². The summed E-state index contributed by atoms with van der Waals surface area (Å²) in [5.41, 5.74) is 0. The Labute approximate surface area is 63.3 Å². The van der Waals surface area contributed by atoms with Gasteiger partial charge in [0.15, 0.2) is 0 Å². The fourth-order valence-corrected chi connectivity index (χ4v) is 0.518. The number of carbonyl (C=O) groups excluding carboxylic acids is 1. The van der Waals surface area contributed by atoms with Gasteiger partial charge in [0.2, 0.25) is 0 Å². The molecule has 0 spiro atoms. The van der Waals surface area contributed by atoms with Crippen LogP contribution >= 0.6 is 0 Å². The molecule has 0 aromatic carbocycles. The Hall–Kier alpha value is -0.710. The molecular formula is C6H10F2O3. The summed E-state index contributed by atoms with van der Waals surface area (Å²) in [4.78, 5) is 10.2. The fraction of sp³-hybridized carbons (Fsp3) is 0.833. The van der Waals surface area contributed by atoms with Crippen molar-refractivity contribution < 1.29 is 23.0 Å². The van der Waals surface area contributed by atoms with E-state index in [0.29, 0.717) is 0 Å². The predicted octanol–water partition coefficient (Wildman–Crippen LogP) is 0.830. The Bertz CT molecular complexity index is 127. The number of alkyl halides is 2. The highest BCUT2D eigenvalue weighted by Crippen LogP contribution is 1.99. The van der Waals surface area contributed by atoms with Crippen LogP contribution < -0.4 is 0 Å². The van der Waals surface area contributed by atoms with Gasteiger partial charge in [-0.3, -0.25) is 0 Å². The van der Waals surface area contributed by atoms with Crippen LogP contribution in [0.5, 0.6) is 0 Å². The highest BCUT2D eigenvalue weighted by molar-refractivity contribution is 5.72. The van der Waals surface area contributed by atoms with Gasteiger partial charge in [-0.05, 0) is 6.92 Å². The lowest BCUT2D eigenvalue weighted by Gasteiger charge is -2.10. The maximum absolute atomic E-state index is 11.5. The minimum atomic E-state index is -3.06. The summed E-state index contributed by atoms with van der Waals surface area (Å²) in [7, 11) is 1.40. The molecule has 0 aliphatic rings. The first kappa shape index (κ1) is 10.3. The van der Waals surface area contributed by atoms with Crippen molar-refractivity contribution >= 4 is 5.97 Å². The number of methoxy groups -OCH3 is 1. The first-order valence-corrected chi connectivity index (χ1v) is 3.05. The van der Waals surface area contributed by atoms with E-state index in [0.717, 1.165) is 0 Å². The number of ether oxygens (including phenoxy) is 2. The highest BCUT2D eigenvalue weighted by Gasteiger charge is 2.19. The van der Waals surface area contributed by atoms with Crippen molar-refractivity contribution in [2.24, 2.45) is 0 Å². The molecule has 0 aromatic rings. The van der Waals surface area contributed by atoms with E-state index in [1.807, 2.05) is 0 Å². The van der Waals surface area contributed by atoms with Crippen molar-refractivity contribution in [1.82, 2.24) is 0 Å². The van der Waals surface area contributed by atoms with Crippen LogP contribution in [0.3, 0.4) is 0 Å². The molecule has 0 N–H and O–H groups in total. The van der Waals surface area contributed by atoms with E-state index in [-0.39, 0.29) is 6.61 Å². The zero-order valence-electron chi connectivity index (χ0n) is 6.34. The summed E-state index contributed by atoms with van der Waals surface area (Å²) in [5, 5.41) is 0. The van der Waals surface area contributed by atoms with Gasteiger partial charge in [-0.1, -0.05) is 0 Å². The molecule has 0 bridgehead atoms. The van der Waals surface area contributed by atoms with Gasteiger partial charge in [-0.25, -0.2) is 4.79 Å². The van der Waals surface area contributed by atoms with E-state index in [9.17, 15) is 13.6 Å². The van der Waals surface area contributed by atoms with Gasteiger partial charge in [0.05, 0.1) is 6.61 Å². The molecule has 0 saturated heterocycles. The second-order valence-corrected chi connectivity index (χ2v) is 2.00. The molecule has 11 heavy (non-hydrogen) atoms. The Morgan fingerprint density at radius 2 is 2.09 bits per heavy atom. The standard InChI is InChI=1S/C6H10F2O3/c1-4(3-10-2)11-6(9)5(7)8/h4-5H,3H2,1-2H3. The van der Waals surface area contributed by atoms with Crippen LogP contribution in [0.1, 0.15) is 6.92 Å². The monoisotopic (exact) mass is 168 g/mol. The molecule has 66 valence electrons. The summed E-state index contributed by atoms with van der Waals surface area (Å²) < 4.78 is 31.8. The molecule has 0 amide bonds. The molecule has 0 aliphatic heterocycles. The average molecular weight is 168 g/mol. The van der Waals surface area contributed by atoms with E-state index in [2.05, 4.69) is 9.47 Å². The van der Waals surface area contributed by atoms with Gasteiger partial charge >= 0.3 is 12.4 Å². The largest absolute Gasteiger partial charge is 0.456 e. The Kier molecular flexibility index (Phi) is 4.69. The molecule has 1 unspecified atom stereocenters. The van der Waals surface area contributed by atoms with Gasteiger partial charge in [0, 0.05) is 7.11 Å². The van der Waals surface area contributed by atoms with Gasteiger partial charge in [-0.2, -0.15) is 8.78 Å². The first-order chi connectivity index (χ1) is 5.07. The molecule has 5 heteroatoms. The summed E-state index contributed by atoms with van der Waals surface area (Å²) in [6.45, 7) is 1.60. The number of rotatable bonds is 4. The zero-order chi connectivity index (χ0) is 8.85. The third-order valence-electron chi connectivity index (χ3n) is 0.897. The molecular weight excluding hydrogens is 158 g/mol. The van der Waals surface area contributed by atoms with Crippen molar-refractivity contribution in [3.05, 3.63) is 0 Å². The number of esters is 1. The summed E-state index contributed by atoms with van der Waals surface area (Å²) in [6.07, 6.45) is -3.68. The van der Waals surface area contributed by atoms with Gasteiger partial charge in [-0.15, -0.1) is 0 Å². The normalized spacial score (nSPS) is 13.2. The van der Waals surface area contributed by atoms with E-state index < -0.39 is 18.5 Å². The van der Waals surface area contributed by atoms with E-state index in [4.69, 9.17) is 0 Å². The van der Waals surface area contributed by atoms with Crippen molar-refractivity contribution in [1.29, 1.82) is 0 Å². The zero-order valence-corrected chi connectivity index (χ0v) is 6.34. The Balaban J connectivity index is 3.57. The third kappa shape index (κ3) is 4.66. The Morgan fingerprint density at radius 1 is 1.55 bits per heavy atom. The quantitative estimate of drug-likeness (QED) is 0.583. The lowest BCUT2D eigenvalue weighted by molar-refractivity contribution is -0.163. The number of halogens is 2. The minimum absolute atomic E-state index is 0.123. The van der Waals surface area contributed by atoms with Crippen molar-refractivity contribution in [2.75, 3.05) is 13.7 Å². The maximum atomic E-state index is 11.5. The molecule has 1 atom stereocenters. The third-order valence-corrected chi connectivity index (χ3v) is 0.897. The number of carbonyl (C=O) groups is 1. The lowest BCUT2D eigenvalue weighted by atomic mass is 10.4. The molecule has 0 heterocycles. The van der Waals surface area contributed by atoms with E-state index in [1.54, 1.807) is 0 Å². The second-order valence-electron chi connectivity index (χ2n) is 2.00. The van der Waals surface area contributed by atoms with Crippen LogP contribution in [0.4, 0.5) is 8.78 Å². The van der Waals surface area contributed by atoms with Crippen LogP contribution in [-0.2, 0) is 14.3 Å². The average Bonchev–Trinajstić information content (AvgIpc) is 1.87. The number of hydrogen-bond acceptors (Lipinski definition) is 3. The first-order valence-electron chi connectivity index (χ1n) is 3.05. The minimum Gasteiger partial charge on any atom is -0.456 e. The number of hydrogen-bond donors (Lipinski definition) is 0. The topological polar surface area (TPSA) is 35.5 Å². The molecule has 0 fully saturated rings. The van der Waals surface area contributed by atoms with Gasteiger partial charge in [0.25, 0.3) is 0 Å². The fourth-order valence-electron chi connectivity index (χ4n) is 0.518. The van der Waals surface area contributed by atoms with Crippen molar-refractivity contribution in [2.45, 2.75) is 19.5 Å². The molecule has 3 nitrogen and oxygen atoms in total. The lowest BCUT2D eigenvalue weighted by Crippen LogP contribution is -2.23. The van der Waals surface area contributed by atoms with Crippen molar-refractivity contribution in [3.8, 4) is 0 Å². The SMILES string of the molecule is COCC(C)OC(=O)C(F)F. The van der Waals surface area contributed by atoms with Crippen LogP contribution in [0.2, 0.25) is 0 Å². The summed E-state index contributed by atoms with van der Waals surface area (Å²) >= 11 is 0. The van der Waals surface area contributed by atoms with Crippen LogP contribution in [0.15, 0.2) is 0 Å². The molecule has 0 aliphatic carbocycles. The van der Waals surface area contributed by atoms with Crippen LogP contribution in [0.25, 0.3) is 0 Å². The van der Waals surface area contributed by atoms with E-state index >= 15 is 0 Å². The van der Waals surface area contributed by atoms with E-state index in [1.165, 1.54) is 14.0 Å². The maximum Gasteiger partial charge on any atom is 0.374 e. The Morgan fingerprint density at radius 3 is 2.45 bits per heavy atom. The summed E-state index contributed by atoms with van der Waals surface area (Å²) in [5.74, 6) is -1.51. The van der Waals surface area contributed by atoms with Crippen molar-refractivity contribution in [3.63, 3.8) is 0 Å². The van der Waals surface area contributed by atoms with Gasteiger partial charge < -0.3 is 9.47 Å². The highest BCUT2D eigenvalue weighted by atomic mass is 19.3. The smallest absolute Gasteiger partial charge is 0.374 e. The van der Waals surface area contributed by atoms with Crippen LogP contribution in [-0.4, -0.2) is 32.2 Å². The molecule has 0 rings (SSSR count). The molecule has 0 aromatic heterocycles. The second kappa shape index (κ2) is 5.01. The van der Waals surface area contributed by atoms with Crippen LogP contribution in [0, 0.1) is 0 Å². The molecule has 0 radical (unpaired) electrons. The molecule has 0 saturated carbocycles.